The van der Waals surface area contributed by atoms with E-state index in [4.69, 9.17) is 0 Å². The molecule has 0 amide bonds. The highest BCUT2D eigenvalue weighted by molar-refractivity contribution is 5.07. The molecule has 1 unspecified atom stereocenters. The standard InChI is InChI=1S/C12H17N5/c1-2-11(15-4-1)12-7-14-9-17(12)5-3-10-6-13-8-16-10/h6-9,11,15H,1-5H2,(H,13,16). The molecule has 0 aliphatic carbocycles. The third-order valence-electron chi connectivity index (χ3n) is 3.34. The summed E-state index contributed by atoms with van der Waals surface area (Å²) in [5, 5.41) is 3.51. The number of nitrogens with zero attached hydrogens (tertiary/aromatic N) is 3. The summed E-state index contributed by atoms with van der Waals surface area (Å²) in [4.78, 5) is 11.4. The van der Waals surface area contributed by atoms with Gasteiger partial charge in [-0.1, -0.05) is 0 Å². The summed E-state index contributed by atoms with van der Waals surface area (Å²) in [6.45, 7) is 2.08. The molecule has 2 aromatic rings. The largest absolute Gasteiger partial charge is 0.348 e. The minimum absolute atomic E-state index is 0.485. The number of rotatable bonds is 4. The fraction of sp³-hybridized carbons (Fsp3) is 0.500. The van der Waals surface area contributed by atoms with Gasteiger partial charge in [0.2, 0.25) is 0 Å². The maximum absolute atomic E-state index is 4.26. The van der Waals surface area contributed by atoms with Crippen LogP contribution in [-0.4, -0.2) is 26.1 Å². The molecular formula is C12H17N5. The van der Waals surface area contributed by atoms with E-state index in [1.54, 1.807) is 6.33 Å². The Hall–Kier alpha value is -1.62. The average Bonchev–Trinajstić information content (AvgIpc) is 3.09. The van der Waals surface area contributed by atoms with Crippen molar-refractivity contribution >= 4 is 0 Å². The number of hydrogen-bond donors (Lipinski definition) is 2. The first-order chi connectivity index (χ1) is 8.43. The first-order valence-electron chi connectivity index (χ1n) is 6.14. The van der Waals surface area contributed by atoms with Crippen molar-refractivity contribution in [3.63, 3.8) is 0 Å². The van der Waals surface area contributed by atoms with E-state index in [9.17, 15) is 0 Å². The molecule has 1 atom stereocenters. The fourth-order valence-corrected chi connectivity index (χ4v) is 2.41. The highest BCUT2D eigenvalue weighted by Crippen LogP contribution is 2.22. The monoisotopic (exact) mass is 231 g/mol. The molecule has 5 nitrogen and oxygen atoms in total. The van der Waals surface area contributed by atoms with Crippen molar-refractivity contribution in [2.45, 2.75) is 31.8 Å². The number of hydrogen-bond acceptors (Lipinski definition) is 3. The van der Waals surface area contributed by atoms with Crippen LogP contribution in [0.2, 0.25) is 0 Å². The Morgan fingerprint density at radius 1 is 1.35 bits per heavy atom. The first kappa shape index (κ1) is 10.5. The summed E-state index contributed by atoms with van der Waals surface area (Å²) < 4.78 is 2.24. The van der Waals surface area contributed by atoms with Crippen molar-refractivity contribution < 1.29 is 0 Å². The fourth-order valence-electron chi connectivity index (χ4n) is 2.41. The number of H-pyrrole nitrogens is 1. The summed E-state index contributed by atoms with van der Waals surface area (Å²) >= 11 is 0. The van der Waals surface area contributed by atoms with Gasteiger partial charge in [0.1, 0.15) is 0 Å². The van der Waals surface area contributed by atoms with E-state index in [0.717, 1.165) is 19.5 Å². The summed E-state index contributed by atoms with van der Waals surface area (Å²) in [5.74, 6) is 0. The summed E-state index contributed by atoms with van der Waals surface area (Å²) in [6.07, 6.45) is 11.0. The number of aromatic amines is 1. The highest BCUT2D eigenvalue weighted by atomic mass is 15.1. The maximum Gasteiger partial charge on any atom is 0.0948 e. The molecule has 1 fully saturated rings. The van der Waals surface area contributed by atoms with Gasteiger partial charge in [0.15, 0.2) is 0 Å². The van der Waals surface area contributed by atoms with Gasteiger partial charge < -0.3 is 14.9 Å². The molecular weight excluding hydrogens is 214 g/mol. The summed E-state index contributed by atoms with van der Waals surface area (Å²) in [6, 6.07) is 0.485. The van der Waals surface area contributed by atoms with Crippen molar-refractivity contribution in [2.24, 2.45) is 0 Å². The quantitative estimate of drug-likeness (QED) is 0.833. The zero-order valence-electron chi connectivity index (χ0n) is 9.76. The van der Waals surface area contributed by atoms with Crippen LogP contribution < -0.4 is 5.32 Å². The van der Waals surface area contributed by atoms with Crippen LogP contribution in [-0.2, 0) is 13.0 Å². The lowest BCUT2D eigenvalue weighted by atomic mass is 10.1. The minimum atomic E-state index is 0.485. The average molecular weight is 231 g/mol. The Morgan fingerprint density at radius 3 is 3.12 bits per heavy atom. The highest BCUT2D eigenvalue weighted by Gasteiger charge is 2.19. The van der Waals surface area contributed by atoms with Crippen LogP contribution in [0.15, 0.2) is 25.0 Å². The van der Waals surface area contributed by atoms with Gasteiger partial charge in [0.25, 0.3) is 0 Å². The number of aromatic nitrogens is 4. The van der Waals surface area contributed by atoms with Crippen molar-refractivity contribution in [2.75, 3.05) is 6.54 Å². The smallest absolute Gasteiger partial charge is 0.0948 e. The predicted molar refractivity (Wildman–Crippen MR) is 64.5 cm³/mol. The van der Waals surface area contributed by atoms with Crippen molar-refractivity contribution in [3.8, 4) is 0 Å². The Bertz CT molecular complexity index is 453. The molecule has 0 saturated carbocycles. The van der Waals surface area contributed by atoms with Crippen LogP contribution in [0.25, 0.3) is 0 Å². The van der Waals surface area contributed by atoms with Crippen LogP contribution in [0, 0.1) is 0 Å². The molecule has 0 bridgehead atoms. The van der Waals surface area contributed by atoms with Gasteiger partial charge in [-0.3, -0.25) is 0 Å². The topological polar surface area (TPSA) is 58.5 Å². The van der Waals surface area contributed by atoms with Crippen molar-refractivity contribution in [1.82, 2.24) is 24.8 Å². The number of aryl methyl sites for hydroxylation is 2. The molecule has 2 N–H and O–H groups in total. The molecule has 0 spiro atoms. The normalized spacial score (nSPS) is 19.9. The Balaban J connectivity index is 1.68. The molecule has 1 aliphatic heterocycles. The predicted octanol–water partition coefficient (Wildman–Crippen LogP) is 1.27. The van der Waals surface area contributed by atoms with E-state index >= 15 is 0 Å². The second-order valence-electron chi connectivity index (χ2n) is 4.49. The molecule has 0 radical (unpaired) electrons. The number of nitrogens with one attached hydrogen (secondary N) is 2. The van der Waals surface area contributed by atoms with Crippen LogP contribution in [0.4, 0.5) is 0 Å². The Morgan fingerprint density at radius 2 is 2.35 bits per heavy atom. The van der Waals surface area contributed by atoms with Crippen LogP contribution in [0.3, 0.4) is 0 Å². The second kappa shape index (κ2) is 4.71. The minimum Gasteiger partial charge on any atom is -0.348 e. The van der Waals surface area contributed by atoms with Crippen molar-refractivity contribution in [1.29, 1.82) is 0 Å². The summed E-state index contributed by atoms with van der Waals surface area (Å²) in [5.41, 5.74) is 2.48. The van der Waals surface area contributed by atoms with Gasteiger partial charge in [0, 0.05) is 37.1 Å². The van der Waals surface area contributed by atoms with Gasteiger partial charge in [-0.25, -0.2) is 9.97 Å². The lowest BCUT2D eigenvalue weighted by Gasteiger charge is -2.13. The molecule has 17 heavy (non-hydrogen) atoms. The molecule has 3 heterocycles. The van der Waals surface area contributed by atoms with E-state index in [0.29, 0.717) is 6.04 Å². The van der Waals surface area contributed by atoms with E-state index in [1.807, 2.05) is 18.7 Å². The lowest BCUT2D eigenvalue weighted by Crippen LogP contribution is -2.17. The lowest BCUT2D eigenvalue weighted by molar-refractivity contribution is 0.561. The second-order valence-corrected chi connectivity index (χ2v) is 4.49. The van der Waals surface area contributed by atoms with E-state index < -0.39 is 0 Å². The molecule has 3 rings (SSSR count). The third-order valence-corrected chi connectivity index (χ3v) is 3.34. The molecule has 90 valence electrons. The van der Waals surface area contributed by atoms with Crippen molar-refractivity contribution in [3.05, 3.63) is 36.4 Å². The number of imidazole rings is 2. The molecule has 2 aromatic heterocycles. The molecule has 1 aliphatic rings. The van der Waals surface area contributed by atoms with Gasteiger partial charge in [0.05, 0.1) is 18.3 Å². The first-order valence-corrected chi connectivity index (χ1v) is 6.14. The van der Waals surface area contributed by atoms with Gasteiger partial charge in [-0.2, -0.15) is 0 Å². The van der Waals surface area contributed by atoms with E-state index in [1.165, 1.54) is 24.2 Å². The SMILES string of the molecule is c1ncc(CCn2cncc2C2CCCN2)[nH]1. The Kier molecular flexibility index (Phi) is 2.92. The van der Waals surface area contributed by atoms with Gasteiger partial charge in [-0.15, -0.1) is 0 Å². The van der Waals surface area contributed by atoms with Crippen LogP contribution in [0.5, 0.6) is 0 Å². The Labute approximate surface area is 100 Å². The maximum atomic E-state index is 4.26. The van der Waals surface area contributed by atoms with E-state index in [-0.39, 0.29) is 0 Å². The van der Waals surface area contributed by atoms with E-state index in [2.05, 4.69) is 24.8 Å². The van der Waals surface area contributed by atoms with Gasteiger partial charge in [-0.05, 0) is 19.4 Å². The molecule has 5 heteroatoms. The van der Waals surface area contributed by atoms with Crippen LogP contribution >= 0.6 is 0 Å². The third kappa shape index (κ3) is 2.24. The summed E-state index contributed by atoms with van der Waals surface area (Å²) in [7, 11) is 0. The van der Waals surface area contributed by atoms with Gasteiger partial charge >= 0.3 is 0 Å². The van der Waals surface area contributed by atoms with Crippen LogP contribution in [0.1, 0.15) is 30.3 Å². The zero-order valence-corrected chi connectivity index (χ0v) is 9.76. The molecule has 1 saturated heterocycles. The molecule has 0 aromatic carbocycles. The zero-order chi connectivity index (χ0) is 11.5.